The second-order valence-corrected chi connectivity index (χ2v) is 11.3. The summed E-state index contributed by atoms with van der Waals surface area (Å²) < 4.78 is 20.0. The topological polar surface area (TPSA) is 27.7 Å². The largest absolute Gasteiger partial charge is 0.371 e. The maximum absolute atomic E-state index is 6.63. The van der Waals surface area contributed by atoms with E-state index in [1.807, 2.05) is 0 Å². The van der Waals surface area contributed by atoms with E-state index in [1.165, 1.54) is 36.3 Å². The summed E-state index contributed by atoms with van der Waals surface area (Å²) >= 11 is 4.24. The second kappa shape index (κ2) is 7.32. The van der Waals surface area contributed by atoms with E-state index in [4.69, 9.17) is 14.2 Å². The Labute approximate surface area is 164 Å². The van der Waals surface area contributed by atoms with Crippen molar-refractivity contribution in [2.75, 3.05) is 11.5 Å². The Balaban J connectivity index is 1.34. The van der Waals surface area contributed by atoms with E-state index in [2.05, 4.69) is 53.9 Å². The number of fused-ring (bicyclic) bond motifs is 1. The van der Waals surface area contributed by atoms with Gasteiger partial charge in [0.15, 0.2) is 5.79 Å². The van der Waals surface area contributed by atoms with E-state index in [0.717, 1.165) is 25.7 Å². The predicted molar refractivity (Wildman–Crippen MR) is 107 cm³/mol. The highest BCUT2D eigenvalue weighted by molar-refractivity contribution is 8.21. The molecule has 1 aromatic rings. The molecule has 5 rings (SSSR count). The van der Waals surface area contributed by atoms with E-state index < -0.39 is 0 Å². The lowest BCUT2D eigenvalue weighted by atomic mass is 9.91. The summed E-state index contributed by atoms with van der Waals surface area (Å²) in [5, 5.41) is 0. The first kappa shape index (κ1) is 17.9. The Bertz CT molecular complexity index is 611. The van der Waals surface area contributed by atoms with Gasteiger partial charge in [-0.05, 0) is 18.4 Å². The number of rotatable bonds is 3. The number of hydrogen-bond acceptors (Lipinski definition) is 5. The summed E-state index contributed by atoms with van der Waals surface area (Å²) in [7, 11) is 0. The van der Waals surface area contributed by atoms with Gasteiger partial charge in [-0.1, -0.05) is 36.8 Å². The lowest BCUT2D eigenvalue weighted by molar-refractivity contribution is -0.201. The molecular weight excluding hydrogens is 364 g/mol. The predicted octanol–water partition coefficient (Wildman–Crippen LogP) is 4.99. The Morgan fingerprint density at radius 1 is 0.962 bits per heavy atom. The molecule has 26 heavy (non-hydrogen) atoms. The van der Waals surface area contributed by atoms with Crippen LogP contribution in [0.3, 0.4) is 0 Å². The molecule has 1 aromatic carbocycles. The van der Waals surface area contributed by atoms with E-state index in [9.17, 15) is 0 Å². The van der Waals surface area contributed by atoms with Crippen molar-refractivity contribution in [2.45, 2.75) is 79.7 Å². The molecule has 0 aromatic heterocycles. The molecule has 0 bridgehead atoms. The molecule has 2 aliphatic carbocycles. The van der Waals surface area contributed by atoms with E-state index in [0.29, 0.717) is 6.61 Å². The summed E-state index contributed by atoms with van der Waals surface area (Å²) in [6, 6.07) is 10.5. The van der Waals surface area contributed by atoms with Gasteiger partial charge in [-0.25, -0.2) is 0 Å². The third-order valence-electron chi connectivity index (χ3n) is 6.21. The zero-order valence-electron chi connectivity index (χ0n) is 15.2. The van der Waals surface area contributed by atoms with Gasteiger partial charge in [-0.2, -0.15) is 0 Å². The number of benzene rings is 1. The molecule has 0 N–H and O–H groups in total. The normalized spacial score (nSPS) is 35.0. The van der Waals surface area contributed by atoms with Gasteiger partial charge in [0.25, 0.3) is 0 Å². The average Bonchev–Trinajstić information content (AvgIpc) is 3.26. The Kier molecular flexibility index (Phi) is 5.03. The van der Waals surface area contributed by atoms with Crippen molar-refractivity contribution in [3.63, 3.8) is 0 Å². The summed E-state index contributed by atoms with van der Waals surface area (Å²) in [6.45, 7) is 0.663. The zero-order valence-corrected chi connectivity index (χ0v) is 16.9. The maximum atomic E-state index is 6.63. The quantitative estimate of drug-likeness (QED) is 0.723. The van der Waals surface area contributed by atoms with Gasteiger partial charge in [0.2, 0.25) is 0 Å². The van der Waals surface area contributed by atoms with Crippen molar-refractivity contribution in [3.05, 3.63) is 35.9 Å². The lowest BCUT2D eigenvalue weighted by Crippen LogP contribution is -2.48. The highest BCUT2D eigenvalue weighted by Gasteiger charge is 2.58. The van der Waals surface area contributed by atoms with Crippen LogP contribution in [-0.4, -0.2) is 39.7 Å². The molecule has 142 valence electrons. The van der Waals surface area contributed by atoms with Crippen molar-refractivity contribution in [1.29, 1.82) is 0 Å². The maximum Gasteiger partial charge on any atom is 0.169 e. The van der Waals surface area contributed by atoms with Crippen LogP contribution in [0.2, 0.25) is 0 Å². The zero-order chi connectivity index (χ0) is 17.5. The van der Waals surface area contributed by atoms with Crippen LogP contribution < -0.4 is 0 Å². The molecule has 3 nitrogen and oxygen atoms in total. The van der Waals surface area contributed by atoms with Gasteiger partial charge >= 0.3 is 0 Å². The van der Waals surface area contributed by atoms with Gasteiger partial charge < -0.3 is 14.2 Å². The van der Waals surface area contributed by atoms with Crippen LogP contribution >= 0.6 is 23.5 Å². The molecule has 4 fully saturated rings. The van der Waals surface area contributed by atoms with Crippen LogP contribution in [0.1, 0.15) is 50.5 Å². The van der Waals surface area contributed by atoms with E-state index in [1.54, 1.807) is 0 Å². The van der Waals surface area contributed by atoms with E-state index >= 15 is 0 Å². The molecule has 2 heterocycles. The van der Waals surface area contributed by atoms with Crippen molar-refractivity contribution in [3.8, 4) is 0 Å². The Hall–Kier alpha value is -0.200. The smallest absolute Gasteiger partial charge is 0.169 e. The average molecular weight is 393 g/mol. The lowest BCUT2D eigenvalue weighted by Gasteiger charge is -2.41. The fourth-order valence-corrected chi connectivity index (χ4v) is 8.34. The summed E-state index contributed by atoms with van der Waals surface area (Å²) in [4.78, 5) is 0. The first-order valence-corrected chi connectivity index (χ1v) is 12.0. The van der Waals surface area contributed by atoms with Gasteiger partial charge in [-0.3, -0.25) is 0 Å². The van der Waals surface area contributed by atoms with Crippen LogP contribution in [-0.2, 0) is 20.8 Å². The molecule has 2 spiro atoms. The fraction of sp³-hybridized carbons (Fsp3) is 0.714. The van der Waals surface area contributed by atoms with Crippen LogP contribution in [0.25, 0.3) is 0 Å². The van der Waals surface area contributed by atoms with Crippen LogP contribution in [0.4, 0.5) is 0 Å². The first-order chi connectivity index (χ1) is 12.8. The third kappa shape index (κ3) is 3.46. The molecule has 4 aliphatic rings. The molecule has 2 saturated heterocycles. The minimum absolute atomic E-state index is 0.101. The monoisotopic (exact) mass is 392 g/mol. The Morgan fingerprint density at radius 2 is 1.73 bits per heavy atom. The first-order valence-electron chi connectivity index (χ1n) is 10.1. The molecule has 0 unspecified atom stereocenters. The third-order valence-corrected chi connectivity index (χ3v) is 9.71. The standard InChI is InChI=1S/C21H28O3S2/c1-3-7-16(8-4-1)15-22-17-13-21(25-11-12-26-21)14-18-19(17)24-20(23-18)9-5-2-6-10-20/h1,3-4,7-8,17-19H,2,5-6,9-15H2/t17-,18-,19+/m1/s1. The van der Waals surface area contributed by atoms with Gasteiger partial charge in [0.1, 0.15) is 6.10 Å². The summed E-state index contributed by atoms with van der Waals surface area (Å²) in [5.41, 5.74) is 1.24. The Morgan fingerprint density at radius 3 is 2.50 bits per heavy atom. The highest BCUT2D eigenvalue weighted by Crippen LogP contribution is 2.57. The van der Waals surface area contributed by atoms with Gasteiger partial charge in [0, 0.05) is 37.2 Å². The molecule has 3 atom stereocenters. The summed E-state index contributed by atoms with van der Waals surface area (Å²) in [6.07, 6.45) is 8.49. The van der Waals surface area contributed by atoms with Crippen molar-refractivity contribution in [1.82, 2.24) is 0 Å². The van der Waals surface area contributed by atoms with E-state index in [-0.39, 0.29) is 28.2 Å². The summed E-state index contributed by atoms with van der Waals surface area (Å²) in [5.74, 6) is 2.18. The fourth-order valence-electron chi connectivity index (χ4n) is 4.97. The minimum atomic E-state index is -0.318. The molecular formula is C21H28O3S2. The van der Waals surface area contributed by atoms with Crippen LogP contribution in [0.15, 0.2) is 30.3 Å². The minimum Gasteiger partial charge on any atom is -0.371 e. The van der Waals surface area contributed by atoms with Crippen LogP contribution in [0.5, 0.6) is 0 Å². The van der Waals surface area contributed by atoms with Gasteiger partial charge in [0.05, 0.1) is 22.9 Å². The number of thioether (sulfide) groups is 2. The molecule has 2 saturated carbocycles. The second-order valence-electron chi connectivity index (χ2n) is 8.06. The molecule has 5 heteroatoms. The van der Waals surface area contributed by atoms with Crippen LogP contribution in [0, 0.1) is 0 Å². The van der Waals surface area contributed by atoms with Crippen molar-refractivity contribution >= 4 is 23.5 Å². The van der Waals surface area contributed by atoms with Crippen molar-refractivity contribution < 1.29 is 14.2 Å². The highest BCUT2D eigenvalue weighted by atomic mass is 32.2. The van der Waals surface area contributed by atoms with Gasteiger partial charge in [-0.15, -0.1) is 23.5 Å². The number of hydrogen-bond donors (Lipinski definition) is 0. The number of ether oxygens (including phenoxy) is 3. The molecule has 0 radical (unpaired) electrons. The SMILES string of the molecule is c1ccc(CO[C@@H]2CC3(C[C@H]4OC5(CCCCC5)O[C@@H]24)SCCS3)cc1. The van der Waals surface area contributed by atoms with Crippen molar-refractivity contribution in [2.24, 2.45) is 0 Å². The molecule has 0 amide bonds. The molecule has 2 aliphatic heterocycles.